The monoisotopic (exact) mass is 907 g/mol. The van der Waals surface area contributed by atoms with Gasteiger partial charge < -0.3 is 14.2 Å². The summed E-state index contributed by atoms with van der Waals surface area (Å²) in [5, 5.41) is 0. The molecular formula is C59H102O6. The minimum Gasteiger partial charge on any atom is -0.462 e. The molecule has 6 heteroatoms. The molecule has 0 aliphatic heterocycles. The van der Waals surface area contributed by atoms with Crippen molar-refractivity contribution >= 4 is 17.9 Å². The quantitative estimate of drug-likeness (QED) is 0.0262. The number of rotatable bonds is 49. The highest BCUT2D eigenvalue weighted by atomic mass is 16.6. The third-order valence-corrected chi connectivity index (χ3v) is 11.7. The first-order chi connectivity index (χ1) is 32.0. The van der Waals surface area contributed by atoms with Gasteiger partial charge in [0.25, 0.3) is 0 Å². The lowest BCUT2D eigenvalue weighted by molar-refractivity contribution is -0.167. The third kappa shape index (κ3) is 51.7. The van der Waals surface area contributed by atoms with E-state index >= 15 is 0 Å². The summed E-state index contributed by atoms with van der Waals surface area (Å²) >= 11 is 0. The summed E-state index contributed by atoms with van der Waals surface area (Å²) in [6.07, 6.45) is 67.5. The lowest BCUT2D eigenvalue weighted by Crippen LogP contribution is -2.30. The molecule has 6 nitrogen and oxygen atoms in total. The molecule has 0 spiro atoms. The molecular weight excluding hydrogens is 805 g/mol. The zero-order chi connectivity index (χ0) is 47.2. The molecule has 0 radical (unpaired) electrons. The Balaban J connectivity index is 4.43. The van der Waals surface area contributed by atoms with Gasteiger partial charge in [0.15, 0.2) is 6.10 Å². The Labute approximate surface area is 402 Å². The van der Waals surface area contributed by atoms with Crippen molar-refractivity contribution in [3.63, 3.8) is 0 Å². The van der Waals surface area contributed by atoms with E-state index in [1.807, 2.05) is 0 Å². The summed E-state index contributed by atoms with van der Waals surface area (Å²) in [5.74, 6) is -0.961. The molecule has 0 amide bonds. The standard InChI is InChI=1S/C59H102O6/c1-4-7-10-13-16-19-22-25-27-29-31-32-34-37-40-43-46-49-52-58(61)64-55-56(54-63-57(60)51-48-45-42-39-36-24-21-18-15-12-9-6-3)65-59(62)53-50-47-44-41-38-35-33-30-28-26-23-20-17-14-11-8-5-2/h8,11,17-18,20-21,26,28,33,35,41,44,56H,4-7,9-10,12-16,19,22-25,27,29-32,34,36-40,42-43,45-55H2,1-3H3/b11-8-,20-17-,21-18-,28-26-,35-33-,44-41-/t56-/m1/s1. The molecule has 0 saturated heterocycles. The van der Waals surface area contributed by atoms with Crippen LogP contribution in [0.3, 0.4) is 0 Å². The van der Waals surface area contributed by atoms with E-state index in [1.165, 1.54) is 135 Å². The molecule has 374 valence electrons. The number of ether oxygens (including phenoxy) is 3. The van der Waals surface area contributed by atoms with Crippen LogP contribution in [-0.2, 0) is 28.6 Å². The highest BCUT2D eigenvalue weighted by Crippen LogP contribution is 2.16. The molecule has 65 heavy (non-hydrogen) atoms. The van der Waals surface area contributed by atoms with Gasteiger partial charge in [-0.1, -0.05) is 235 Å². The van der Waals surface area contributed by atoms with E-state index in [0.29, 0.717) is 19.3 Å². The Morgan fingerprint density at radius 2 is 0.615 bits per heavy atom. The first-order valence-electron chi connectivity index (χ1n) is 27.4. The van der Waals surface area contributed by atoms with Crippen LogP contribution >= 0.6 is 0 Å². The van der Waals surface area contributed by atoms with Gasteiger partial charge in [0.1, 0.15) is 13.2 Å². The molecule has 0 rings (SSSR count). The summed E-state index contributed by atoms with van der Waals surface area (Å²) in [4.78, 5) is 38.0. The van der Waals surface area contributed by atoms with Crippen LogP contribution in [0.25, 0.3) is 0 Å². The summed E-state index contributed by atoms with van der Waals surface area (Å²) in [6.45, 7) is 6.46. The van der Waals surface area contributed by atoms with Gasteiger partial charge in [0.2, 0.25) is 0 Å². The summed E-state index contributed by atoms with van der Waals surface area (Å²) < 4.78 is 16.8. The lowest BCUT2D eigenvalue weighted by atomic mass is 10.0. The van der Waals surface area contributed by atoms with Crippen molar-refractivity contribution in [3.8, 4) is 0 Å². The van der Waals surface area contributed by atoms with Crippen LogP contribution in [0.2, 0.25) is 0 Å². The molecule has 0 fully saturated rings. The van der Waals surface area contributed by atoms with E-state index < -0.39 is 6.10 Å². The second kappa shape index (κ2) is 53.5. The van der Waals surface area contributed by atoms with E-state index in [4.69, 9.17) is 14.2 Å². The predicted octanol–water partition coefficient (Wildman–Crippen LogP) is 18.2. The summed E-state index contributed by atoms with van der Waals surface area (Å²) in [6, 6.07) is 0. The molecule has 0 aliphatic carbocycles. The highest BCUT2D eigenvalue weighted by molar-refractivity contribution is 5.71. The SMILES string of the molecule is CC/C=C\C/C=C\C/C=C\C/C=C\C/C=C\CCCC(=O)O[C@H](COC(=O)CCCCCCC/C=C\CCCCC)COC(=O)CCCCCCCCCCCCCCCCCCCC. The van der Waals surface area contributed by atoms with Gasteiger partial charge in [-0.3, -0.25) is 14.4 Å². The van der Waals surface area contributed by atoms with Gasteiger partial charge in [-0.15, -0.1) is 0 Å². The molecule has 0 unspecified atom stereocenters. The Morgan fingerprint density at radius 3 is 1.03 bits per heavy atom. The maximum atomic E-state index is 12.8. The van der Waals surface area contributed by atoms with E-state index in [-0.39, 0.29) is 37.5 Å². The molecule has 1 atom stereocenters. The second-order valence-electron chi connectivity index (χ2n) is 18.1. The lowest BCUT2D eigenvalue weighted by Gasteiger charge is -2.18. The Hall–Kier alpha value is -3.15. The molecule has 0 aromatic heterocycles. The Kier molecular flexibility index (Phi) is 50.9. The largest absolute Gasteiger partial charge is 0.462 e. The predicted molar refractivity (Wildman–Crippen MR) is 279 cm³/mol. The van der Waals surface area contributed by atoms with E-state index in [1.54, 1.807) is 0 Å². The molecule has 0 saturated carbocycles. The van der Waals surface area contributed by atoms with E-state index in [0.717, 1.165) is 83.5 Å². The van der Waals surface area contributed by atoms with Crippen molar-refractivity contribution in [2.45, 2.75) is 271 Å². The van der Waals surface area contributed by atoms with Gasteiger partial charge in [-0.2, -0.15) is 0 Å². The zero-order valence-electron chi connectivity index (χ0n) is 42.7. The van der Waals surface area contributed by atoms with Gasteiger partial charge >= 0.3 is 17.9 Å². The molecule has 0 aromatic carbocycles. The molecule has 0 bridgehead atoms. The van der Waals surface area contributed by atoms with Crippen molar-refractivity contribution < 1.29 is 28.6 Å². The smallest absolute Gasteiger partial charge is 0.306 e. The fraction of sp³-hybridized carbons (Fsp3) is 0.746. The van der Waals surface area contributed by atoms with E-state index in [9.17, 15) is 14.4 Å². The van der Waals surface area contributed by atoms with Crippen LogP contribution in [0.15, 0.2) is 72.9 Å². The highest BCUT2D eigenvalue weighted by Gasteiger charge is 2.19. The van der Waals surface area contributed by atoms with Crippen molar-refractivity contribution in [3.05, 3.63) is 72.9 Å². The first kappa shape index (κ1) is 61.9. The minimum atomic E-state index is -0.806. The van der Waals surface area contributed by atoms with Crippen molar-refractivity contribution in [1.29, 1.82) is 0 Å². The topological polar surface area (TPSA) is 78.9 Å². The fourth-order valence-corrected chi connectivity index (χ4v) is 7.59. The average Bonchev–Trinajstić information content (AvgIpc) is 3.30. The number of unbranched alkanes of at least 4 members (excludes halogenated alkanes) is 26. The Morgan fingerprint density at radius 1 is 0.323 bits per heavy atom. The molecule has 0 aromatic rings. The number of carbonyl (C=O) groups excluding carboxylic acids is 3. The van der Waals surface area contributed by atoms with Crippen LogP contribution < -0.4 is 0 Å². The number of carbonyl (C=O) groups is 3. The van der Waals surface area contributed by atoms with Crippen molar-refractivity contribution in [2.75, 3.05) is 13.2 Å². The van der Waals surface area contributed by atoms with Gasteiger partial charge in [-0.25, -0.2) is 0 Å². The number of esters is 3. The number of hydrogen-bond acceptors (Lipinski definition) is 6. The van der Waals surface area contributed by atoms with Crippen LogP contribution in [0.5, 0.6) is 0 Å². The van der Waals surface area contributed by atoms with Crippen molar-refractivity contribution in [1.82, 2.24) is 0 Å². The first-order valence-corrected chi connectivity index (χ1v) is 27.4. The third-order valence-electron chi connectivity index (χ3n) is 11.7. The van der Waals surface area contributed by atoms with Crippen LogP contribution in [0.4, 0.5) is 0 Å². The van der Waals surface area contributed by atoms with Crippen LogP contribution in [0.1, 0.15) is 265 Å². The zero-order valence-corrected chi connectivity index (χ0v) is 42.7. The Bertz CT molecular complexity index is 1230. The molecule has 0 aliphatic rings. The maximum absolute atomic E-state index is 12.8. The normalized spacial score (nSPS) is 12.6. The average molecular weight is 907 g/mol. The number of hydrogen-bond donors (Lipinski definition) is 0. The number of allylic oxidation sites excluding steroid dienone is 12. The minimum absolute atomic E-state index is 0.0985. The summed E-state index contributed by atoms with van der Waals surface area (Å²) in [7, 11) is 0. The summed E-state index contributed by atoms with van der Waals surface area (Å²) in [5.41, 5.74) is 0. The fourth-order valence-electron chi connectivity index (χ4n) is 7.59. The molecule has 0 heterocycles. The van der Waals surface area contributed by atoms with Gasteiger partial charge in [0, 0.05) is 19.3 Å². The van der Waals surface area contributed by atoms with Gasteiger partial charge in [-0.05, 0) is 83.5 Å². The maximum Gasteiger partial charge on any atom is 0.306 e. The second-order valence-corrected chi connectivity index (χ2v) is 18.1. The van der Waals surface area contributed by atoms with Gasteiger partial charge in [0.05, 0.1) is 0 Å². The van der Waals surface area contributed by atoms with Crippen LogP contribution in [0, 0.1) is 0 Å². The van der Waals surface area contributed by atoms with Crippen LogP contribution in [-0.4, -0.2) is 37.2 Å². The molecule has 0 N–H and O–H groups in total. The van der Waals surface area contributed by atoms with E-state index in [2.05, 4.69) is 93.7 Å². The van der Waals surface area contributed by atoms with Crippen molar-refractivity contribution in [2.24, 2.45) is 0 Å².